The maximum absolute atomic E-state index is 12.7. The number of fused-ring (bicyclic) bond motifs is 5. The molecule has 2 aliphatic carbocycles. The number of nitro benzene ring substituents is 1. The standard InChI is InChI=1S/C24H19N3O7/c28-22-20-15-5-6-16(10-15)21(20)23(29)26(22)25-11-13-4-7-19(18(9-13)27(32)33)34-12-14-2-1-3-17(8-14)24(30)31/h1-9,11,15-16,20-21H,10,12H2,(H,30,31)/t15-,16-,20-,21+/m0/s1. The van der Waals surface area contributed by atoms with Gasteiger partial charge in [0.2, 0.25) is 0 Å². The van der Waals surface area contributed by atoms with Crippen molar-refractivity contribution in [2.75, 3.05) is 0 Å². The van der Waals surface area contributed by atoms with Gasteiger partial charge in [0.05, 0.1) is 28.5 Å². The van der Waals surface area contributed by atoms with Gasteiger partial charge in [-0.1, -0.05) is 24.3 Å². The second kappa shape index (κ2) is 8.22. The second-order valence-corrected chi connectivity index (χ2v) is 8.51. The molecule has 5 rings (SSSR count). The van der Waals surface area contributed by atoms with Crippen LogP contribution in [-0.2, 0) is 16.2 Å². The molecule has 2 bridgehead atoms. The lowest BCUT2D eigenvalue weighted by atomic mass is 9.85. The lowest BCUT2D eigenvalue weighted by molar-refractivity contribution is -0.385. The Bertz CT molecular complexity index is 1260. The van der Waals surface area contributed by atoms with Crippen LogP contribution in [0.15, 0.2) is 59.7 Å². The highest BCUT2D eigenvalue weighted by Crippen LogP contribution is 2.52. The molecule has 1 saturated carbocycles. The average molecular weight is 461 g/mol. The number of hydrazone groups is 1. The van der Waals surface area contributed by atoms with E-state index in [1.807, 2.05) is 12.2 Å². The Morgan fingerprint density at radius 2 is 1.85 bits per heavy atom. The van der Waals surface area contributed by atoms with Gasteiger partial charge in [-0.3, -0.25) is 19.7 Å². The van der Waals surface area contributed by atoms with Gasteiger partial charge in [0.1, 0.15) is 6.61 Å². The van der Waals surface area contributed by atoms with Crippen molar-refractivity contribution in [2.24, 2.45) is 28.8 Å². The van der Waals surface area contributed by atoms with Crippen LogP contribution >= 0.6 is 0 Å². The molecule has 0 aromatic heterocycles. The molecule has 1 heterocycles. The molecular weight excluding hydrogens is 442 g/mol. The third-order valence-corrected chi connectivity index (χ3v) is 6.52. The molecule has 10 nitrogen and oxygen atoms in total. The van der Waals surface area contributed by atoms with Crippen LogP contribution < -0.4 is 4.74 Å². The third-order valence-electron chi connectivity index (χ3n) is 6.52. The van der Waals surface area contributed by atoms with Gasteiger partial charge in [-0.05, 0) is 48.1 Å². The summed E-state index contributed by atoms with van der Waals surface area (Å²) in [5, 5.41) is 25.6. The van der Waals surface area contributed by atoms with Crippen LogP contribution in [0.5, 0.6) is 5.75 Å². The first-order valence-corrected chi connectivity index (χ1v) is 10.7. The summed E-state index contributed by atoms with van der Waals surface area (Å²) in [6, 6.07) is 10.2. The minimum absolute atomic E-state index is 0.00613. The van der Waals surface area contributed by atoms with Crippen molar-refractivity contribution in [1.29, 1.82) is 0 Å². The fourth-order valence-corrected chi connectivity index (χ4v) is 4.96. The maximum atomic E-state index is 12.7. The molecule has 2 aromatic carbocycles. The fraction of sp³-hybridized carbons (Fsp3) is 0.250. The van der Waals surface area contributed by atoms with Gasteiger partial charge in [-0.15, -0.1) is 0 Å². The summed E-state index contributed by atoms with van der Waals surface area (Å²) in [5.74, 6) is -2.36. The number of rotatable bonds is 7. The largest absolute Gasteiger partial charge is 0.482 e. The fourth-order valence-electron chi connectivity index (χ4n) is 4.96. The quantitative estimate of drug-likeness (QED) is 0.220. The van der Waals surface area contributed by atoms with Crippen LogP contribution in [0.4, 0.5) is 5.69 Å². The first kappa shape index (κ1) is 21.5. The summed E-state index contributed by atoms with van der Waals surface area (Å²) >= 11 is 0. The number of carbonyl (C=O) groups is 3. The Hall–Kier alpha value is -4.34. The minimum atomic E-state index is -1.08. The predicted molar refractivity (Wildman–Crippen MR) is 118 cm³/mol. The number of imide groups is 1. The van der Waals surface area contributed by atoms with Gasteiger partial charge in [-0.25, -0.2) is 4.79 Å². The Kier molecular flexibility index (Phi) is 5.20. The van der Waals surface area contributed by atoms with Gasteiger partial charge < -0.3 is 9.84 Å². The van der Waals surface area contributed by atoms with E-state index in [1.54, 1.807) is 12.1 Å². The molecule has 2 fully saturated rings. The molecule has 4 atom stereocenters. The van der Waals surface area contributed by atoms with Crippen LogP contribution in [0, 0.1) is 33.8 Å². The maximum Gasteiger partial charge on any atom is 0.335 e. The van der Waals surface area contributed by atoms with E-state index in [-0.39, 0.29) is 59.1 Å². The molecule has 2 amide bonds. The topological polar surface area (TPSA) is 139 Å². The monoisotopic (exact) mass is 461 g/mol. The zero-order chi connectivity index (χ0) is 24.0. The Balaban J connectivity index is 1.32. The Labute approximate surface area is 193 Å². The van der Waals surface area contributed by atoms with Crippen molar-refractivity contribution in [3.05, 3.63) is 81.4 Å². The van der Waals surface area contributed by atoms with Crippen LogP contribution in [0.25, 0.3) is 0 Å². The normalized spacial score (nSPS) is 24.8. The van der Waals surface area contributed by atoms with Crippen LogP contribution in [0.2, 0.25) is 0 Å². The van der Waals surface area contributed by atoms with E-state index in [0.29, 0.717) is 11.1 Å². The molecular formula is C24H19N3O7. The van der Waals surface area contributed by atoms with Crippen molar-refractivity contribution in [3.8, 4) is 5.75 Å². The summed E-state index contributed by atoms with van der Waals surface area (Å²) in [4.78, 5) is 47.5. The number of nitro groups is 1. The number of benzene rings is 2. The van der Waals surface area contributed by atoms with Gasteiger partial charge in [0, 0.05) is 11.6 Å². The molecule has 0 spiro atoms. The second-order valence-electron chi connectivity index (χ2n) is 8.51. The molecule has 0 radical (unpaired) electrons. The van der Waals surface area contributed by atoms with Crippen molar-refractivity contribution in [2.45, 2.75) is 13.0 Å². The van der Waals surface area contributed by atoms with Crippen molar-refractivity contribution in [1.82, 2.24) is 5.01 Å². The predicted octanol–water partition coefficient (Wildman–Crippen LogP) is 3.01. The lowest BCUT2D eigenvalue weighted by Gasteiger charge is -2.13. The summed E-state index contributed by atoms with van der Waals surface area (Å²) in [6.07, 6.45) is 6.05. The van der Waals surface area contributed by atoms with E-state index in [1.165, 1.54) is 36.5 Å². The van der Waals surface area contributed by atoms with E-state index in [9.17, 15) is 24.5 Å². The number of hydrogen-bond donors (Lipinski definition) is 1. The first-order chi connectivity index (χ1) is 16.3. The van der Waals surface area contributed by atoms with Crippen LogP contribution in [0.1, 0.15) is 27.9 Å². The summed E-state index contributed by atoms with van der Waals surface area (Å²) < 4.78 is 5.56. The molecule has 0 unspecified atom stereocenters. The number of nitrogens with zero attached hydrogens (tertiary/aromatic N) is 3. The van der Waals surface area contributed by atoms with Crippen LogP contribution in [-0.4, -0.2) is 39.0 Å². The van der Waals surface area contributed by atoms with E-state index < -0.39 is 10.9 Å². The SMILES string of the molecule is O=C(O)c1cccc(COc2ccc(C=NN3C(=O)[C@@H]4[C@H](C3=O)[C@H]3C=C[C@H]4C3)cc2[N+](=O)[O-])c1. The zero-order valence-electron chi connectivity index (χ0n) is 17.7. The van der Waals surface area contributed by atoms with E-state index in [0.717, 1.165) is 11.4 Å². The van der Waals surface area contributed by atoms with E-state index in [2.05, 4.69) is 5.10 Å². The minimum Gasteiger partial charge on any atom is -0.482 e. The average Bonchev–Trinajstić information content (AvgIpc) is 3.51. The zero-order valence-corrected chi connectivity index (χ0v) is 17.7. The number of allylic oxidation sites excluding steroid dienone is 2. The number of amides is 2. The number of carboxylic acid groups (broad SMARTS) is 1. The molecule has 172 valence electrons. The number of aromatic carboxylic acids is 1. The van der Waals surface area contributed by atoms with Crippen molar-refractivity contribution >= 4 is 29.7 Å². The van der Waals surface area contributed by atoms with E-state index >= 15 is 0 Å². The Morgan fingerprint density at radius 1 is 1.15 bits per heavy atom. The summed E-state index contributed by atoms with van der Waals surface area (Å²) in [5.41, 5.74) is 0.628. The number of carboxylic acids is 1. The Morgan fingerprint density at radius 3 is 2.50 bits per heavy atom. The summed E-state index contributed by atoms with van der Waals surface area (Å²) in [6.45, 7) is -0.0642. The lowest BCUT2D eigenvalue weighted by Crippen LogP contribution is -2.28. The van der Waals surface area contributed by atoms with Crippen molar-refractivity contribution in [3.63, 3.8) is 0 Å². The highest BCUT2D eigenvalue weighted by Gasteiger charge is 2.59. The molecule has 2 aromatic rings. The molecule has 3 aliphatic rings. The molecule has 1 saturated heterocycles. The summed E-state index contributed by atoms with van der Waals surface area (Å²) in [7, 11) is 0. The highest BCUT2D eigenvalue weighted by atomic mass is 16.6. The third kappa shape index (κ3) is 3.62. The smallest absolute Gasteiger partial charge is 0.335 e. The number of ether oxygens (including phenoxy) is 1. The number of hydrogen-bond acceptors (Lipinski definition) is 7. The molecule has 1 N–H and O–H groups in total. The van der Waals surface area contributed by atoms with Gasteiger partial charge >= 0.3 is 11.7 Å². The van der Waals surface area contributed by atoms with Gasteiger partial charge in [-0.2, -0.15) is 10.1 Å². The molecule has 1 aliphatic heterocycles. The van der Waals surface area contributed by atoms with E-state index in [4.69, 9.17) is 9.84 Å². The van der Waals surface area contributed by atoms with Crippen LogP contribution in [0.3, 0.4) is 0 Å². The highest BCUT2D eigenvalue weighted by molar-refractivity contribution is 6.06. The molecule has 34 heavy (non-hydrogen) atoms. The molecule has 10 heteroatoms. The first-order valence-electron chi connectivity index (χ1n) is 10.7. The number of carbonyl (C=O) groups excluding carboxylic acids is 2. The van der Waals surface area contributed by atoms with Crippen molar-refractivity contribution < 1.29 is 29.2 Å². The van der Waals surface area contributed by atoms with Gasteiger partial charge in [0.15, 0.2) is 5.75 Å². The van der Waals surface area contributed by atoms with Gasteiger partial charge in [0.25, 0.3) is 11.8 Å².